The van der Waals surface area contributed by atoms with E-state index in [1.165, 1.54) is 0 Å². The summed E-state index contributed by atoms with van der Waals surface area (Å²) in [6.45, 7) is 1.02. The quantitative estimate of drug-likeness (QED) is 0.491. The topological polar surface area (TPSA) is 99.1 Å². The summed E-state index contributed by atoms with van der Waals surface area (Å²) in [7, 11) is 3.24. The molecule has 0 aliphatic heterocycles. The molecule has 0 radical (unpaired) electrons. The highest BCUT2D eigenvalue weighted by atomic mass is 16.5. The van der Waals surface area contributed by atoms with Gasteiger partial charge >= 0.3 is 0 Å². The fourth-order valence-electron chi connectivity index (χ4n) is 2.58. The maximum atomic E-state index is 5.94. The average Bonchev–Trinajstić information content (AvgIpc) is 3.09. The van der Waals surface area contributed by atoms with Crippen LogP contribution in [-0.4, -0.2) is 41.3 Å². The fourth-order valence-corrected chi connectivity index (χ4v) is 2.58. The van der Waals surface area contributed by atoms with Crippen LogP contribution in [0.3, 0.4) is 0 Å². The highest BCUT2D eigenvalue weighted by molar-refractivity contribution is 5.77. The highest BCUT2D eigenvalue weighted by Crippen LogP contribution is 2.27. The minimum absolute atomic E-state index is 0.361. The molecular weight excluding hydrogens is 332 g/mol. The number of nitrogens with zero attached hydrogens (tertiary/aromatic N) is 4. The van der Waals surface area contributed by atoms with Crippen LogP contribution in [0.2, 0.25) is 0 Å². The lowest BCUT2D eigenvalue weighted by Crippen LogP contribution is -2.33. The zero-order chi connectivity index (χ0) is 18.4. The van der Waals surface area contributed by atoms with E-state index in [9.17, 15) is 0 Å². The summed E-state index contributed by atoms with van der Waals surface area (Å²) in [6.07, 6.45) is 2.69. The molecule has 3 rings (SSSR count). The number of nitrogens with two attached hydrogens (primary N) is 1. The average molecular weight is 354 g/mol. The van der Waals surface area contributed by atoms with Crippen molar-refractivity contribution >= 4 is 11.6 Å². The Morgan fingerprint density at radius 1 is 1.15 bits per heavy atom. The molecule has 0 amide bonds. The maximum absolute atomic E-state index is 5.94. The molecule has 2 aromatic heterocycles. The third-order valence-electron chi connectivity index (χ3n) is 3.94. The van der Waals surface area contributed by atoms with E-state index in [0.29, 0.717) is 30.5 Å². The lowest BCUT2D eigenvalue weighted by Gasteiger charge is -2.10. The molecule has 8 heteroatoms. The summed E-state index contributed by atoms with van der Waals surface area (Å²) in [4.78, 5) is 4.32. The smallest absolute Gasteiger partial charge is 0.189 e. The lowest BCUT2D eigenvalue weighted by molar-refractivity contribution is 0.354. The van der Waals surface area contributed by atoms with Gasteiger partial charge in [-0.1, -0.05) is 12.1 Å². The first-order valence-corrected chi connectivity index (χ1v) is 8.24. The van der Waals surface area contributed by atoms with Crippen molar-refractivity contribution in [2.75, 3.05) is 20.8 Å². The summed E-state index contributed by atoms with van der Waals surface area (Å²) in [5.41, 5.74) is 7.84. The van der Waals surface area contributed by atoms with Crippen molar-refractivity contribution in [3.63, 3.8) is 0 Å². The van der Waals surface area contributed by atoms with Crippen LogP contribution in [0, 0.1) is 0 Å². The van der Waals surface area contributed by atoms with Gasteiger partial charge in [-0.3, -0.25) is 4.40 Å². The Balaban J connectivity index is 1.54. The molecule has 0 saturated carbocycles. The summed E-state index contributed by atoms with van der Waals surface area (Å²) in [6, 6.07) is 11.6. The van der Waals surface area contributed by atoms with Crippen LogP contribution in [0.5, 0.6) is 11.5 Å². The molecule has 0 aliphatic carbocycles. The van der Waals surface area contributed by atoms with Crippen molar-refractivity contribution in [2.45, 2.75) is 13.0 Å². The number of benzene rings is 1. The zero-order valence-electron chi connectivity index (χ0n) is 14.8. The predicted octanol–water partition coefficient (Wildman–Crippen LogP) is 1.39. The van der Waals surface area contributed by atoms with E-state index in [1.807, 2.05) is 47.0 Å². The minimum Gasteiger partial charge on any atom is -0.493 e. The summed E-state index contributed by atoms with van der Waals surface area (Å²) in [5.74, 6) is 2.54. The number of ether oxygens (including phenoxy) is 2. The first-order chi connectivity index (χ1) is 12.7. The van der Waals surface area contributed by atoms with Gasteiger partial charge < -0.3 is 20.5 Å². The summed E-state index contributed by atoms with van der Waals surface area (Å²) < 4.78 is 12.4. The van der Waals surface area contributed by atoms with E-state index in [0.717, 1.165) is 23.5 Å². The third kappa shape index (κ3) is 4.02. The number of rotatable bonds is 7. The molecule has 0 saturated heterocycles. The fraction of sp³-hybridized carbons (Fsp3) is 0.278. The number of pyridine rings is 1. The van der Waals surface area contributed by atoms with E-state index in [4.69, 9.17) is 15.2 Å². The molecule has 0 fully saturated rings. The molecule has 0 aliphatic rings. The Hall–Kier alpha value is -3.29. The normalized spacial score (nSPS) is 11.5. The monoisotopic (exact) mass is 354 g/mol. The standard InChI is InChI=1S/C18H22N6O2/c1-25-14-7-6-13(11-15(14)26-2)8-9-20-18(19)21-12-17-23-22-16-5-3-4-10-24(16)17/h3-7,10-11H,8-9,12H2,1-2H3,(H3,19,20,21). The molecular formula is C18H22N6O2. The van der Waals surface area contributed by atoms with Crippen LogP contribution >= 0.6 is 0 Å². The molecule has 3 aromatic rings. The number of nitrogens with one attached hydrogen (secondary N) is 1. The second-order valence-corrected chi connectivity index (χ2v) is 5.61. The molecule has 3 N–H and O–H groups in total. The van der Waals surface area contributed by atoms with Crippen molar-refractivity contribution < 1.29 is 9.47 Å². The van der Waals surface area contributed by atoms with E-state index >= 15 is 0 Å². The Bertz CT molecular complexity index is 906. The Kier molecular flexibility index (Phi) is 5.52. The van der Waals surface area contributed by atoms with E-state index in [-0.39, 0.29) is 0 Å². The van der Waals surface area contributed by atoms with Crippen molar-refractivity contribution in [1.82, 2.24) is 19.9 Å². The predicted molar refractivity (Wildman–Crippen MR) is 99.6 cm³/mol. The summed E-state index contributed by atoms with van der Waals surface area (Å²) in [5, 5.41) is 11.3. The van der Waals surface area contributed by atoms with Crippen LogP contribution in [0.25, 0.3) is 5.65 Å². The maximum Gasteiger partial charge on any atom is 0.189 e. The number of aromatic nitrogens is 3. The second kappa shape index (κ2) is 8.19. The van der Waals surface area contributed by atoms with Crippen LogP contribution in [0.1, 0.15) is 11.4 Å². The molecule has 136 valence electrons. The van der Waals surface area contributed by atoms with Gasteiger partial charge in [-0.05, 0) is 36.2 Å². The zero-order valence-corrected chi connectivity index (χ0v) is 14.8. The Labute approximate surface area is 151 Å². The third-order valence-corrected chi connectivity index (χ3v) is 3.94. The number of hydrogen-bond acceptors (Lipinski definition) is 5. The molecule has 2 heterocycles. The van der Waals surface area contributed by atoms with Gasteiger partial charge in [0.2, 0.25) is 0 Å². The number of aliphatic imine (C=N–C) groups is 1. The van der Waals surface area contributed by atoms with Gasteiger partial charge in [0.25, 0.3) is 0 Å². The van der Waals surface area contributed by atoms with Gasteiger partial charge in [0, 0.05) is 12.7 Å². The van der Waals surface area contributed by atoms with Crippen molar-refractivity contribution in [3.05, 3.63) is 54.0 Å². The first kappa shape index (κ1) is 17.5. The number of hydrogen-bond donors (Lipinski definition) is 2. The largest absolute Gasteiger partial charge is 0.493 e. The van der Waals surface area contributed by atoms with E-state index in [1.54, 1.807) is 14.2 Å². The molecule has 0 bridgehead atoms. The first-order valence-electron chi connectivity index (χ1n) is 8.24. The Morgan fingerprint density at radius 3 is 2.81 bits per heavy atom. The molecule has 8 nitrogen and oxygen atoms in total. The highest BCUT2D eigenvalue weighted by Gasteiger charge is 2.05. The second-order valence-electron chi connectivity index (χ2n) is 5.61. The van der Waals surface area contributed by atoms with Gasteiger partial charge in [-0.25, -0.2) is 4.99 Å². The van der Waals surface area contributed by atoms with E-state index in [2.05, 4.69) is 20.5 Å². The minimum atomic E-state index is 0.361. The molecule has 26 heavy (non-hydrogen) atoms. The van der Waals surface area contributed by atoms with Crippen LogP contribution in [-0.2, 0) is 13.0 Å². The summed E-state index contributed by atoms with van der Waals surface area (Å²) >= 11 is 0. The van der Waals surface area contributed by atoms with Crippen molar-refractivity contribution in [2.24, 2.45) is 10.7 Å². The van der Waals surface area contributed by atoms with Gasteiger partial charge in [0.05, 0.1) is 14.2 Å². The number of methoxy groups -OCH3 is 2. The lowest BCUT2D eigenvalue weighted by atomic mass is 10.1. The van der Waals surface area contributed by atoms with Crippen molar-refractivity contribution in [3.8, 4) is 11.5 Å². The van der Waals surface area contributed by atoms with Crippen molar-refractivity contribution in [1.29, 1.82) is 0 Å². The Morgan fingerprint density at radius 2 is 2.00 bits per heavy atom. The SMILES string of the molecule is COc1ccc(CCNC(N)=NCc2nnc3ccccn23)cc1OC. The molecule has 0 atom stereocenters. The van der Waals surface area contributed by atoms with Gasteiger partial charge in [-0.15, -0.1) is 10.2 Å². The molecule has 0 unspecified atom stereocenters. The van der Waals surface area contributed by atoms with Gasteiger partial charge in [0.1, 0.15) is 6.54 Å². The number of guanidine groups is 1. The molecule has 0 spiro atoms. The van der Waals surface area contributed by atoms with Gasteiger partial charge in [0.15, 0.2) is 28.9 Å². The number of fused-ring (bicyclic) bond motifs is 1. The van der Waals surface area contributed by atoms with Crippen LogP contribution in [0.4, 0.5) is 0 Å². The van der Waals surface area contributed by atoms with Gasteiger partial charge in [-0.2, -0.15) is 0 Å². The molecule has 1 aromatic carbocycles. The van der Waals surface area contributed by atoms with Crippen LogP contribution in [0.15, 0.2) is 47.6 Å². The van der Waals surface area contributed by atoms with E-state index < -0.39 is 0 Å². The van der Waals surface area contributed by atoms with Crippen LogP contribution < -0.4 is 20.5 Å².